The van der Waals surface area contributed by atoms with Crippen LogP contribution in [0, 0.1) is 0 Å². The quantitative estimate of drug-likeness (QED) is 0.561. The van der Waals surface area contributed by atoms with E-state index >= 15 is 0 Å². The molecular formula is C13H18Cl2N2O2S. The molecule has 0 unspecified atom stereocenters. The van der Waals surface area contributed by atoms with Crippen LogP contribution in [-0.2, 0) is 9.53 Å². The molecule has 0 heterocycles. The third-order valence-corrected chi connectivity index (χ3v) is 4.02. The van der Waals surface area contributed by atoms with Gasteiger partial charge >= 0.3 is 0 Å². The van der Waals surface area contributed by atoms with Crippen molar-refractivity contribution in [1.82, 2.24) is 0 Å². The van der Waals surface area contributed by atoms with Gasteiger partial charge in [-0.25, -0.2) is 0 Å². The van der Waals surface area contributed by atoms with Gasteiger partial charge in [0.25, 0.3) is 0 Å². The Morgan fingerprint density at radius 2 is 2.15 bits per heavy atom. The van der Waals surface area contributed by atoms with Crippen LogP contribution < -0.4 is 11.1 Å². The Morgan fingerprint density at radius 3 is 2.80 bits per heavy atom. The first kappa shape index (κ1) is 17.4. The Kier molecular flexibility index (Phi) is 8.14. The molecule has 0 aliphatic rings. The van der Waals surface area contributed by atoms with Crippen molar-refractivity contribution in [3.63, 3.8) is 0 Å². The number of carbonyl (C=O) groups is 1. The van der Waals surface area contributed by atoms with E-state index in [9.17, 15) is 4.79 Å². The molecule has 4 nitrogen and oxygen atoms in total. The monoisotopic (exact) mass is 336 g/mol. The average Bonchev–Trinajstić information content (AvgIpc) is 2.38. The Hall–Kier alpha value is -0.620. The summed E-state index contributed by atoms with van der Waals surface area (Å²) in [6, 6.07) is 3.11. The maximum absolute atomic E-state index is 11.8. The van der Waals surface area contributed by atoms with E-state index in [0.717, 1.165) is 24.5 Å². The number of benzene rings is 1. The molecule has 1 aromatic carbocycles. The van der Waals surface area contributed by atoms with Crippen LogP contribution in [0.5, 0.6) is 0 Å². The molecule has 0 saturated carbocycles. The van der Waals surface area contributed by atoms with Crippen molar-refractivity contribution in [2.45, 2.75) is 12.8 Å². The standard InChI is InChI=1S/C13H18Cl2N2O2S/c1-19-4-6-20-5-2-3-12(18)17-13-10(15)7-9(14)8-11(13)16/h7-8H,2-6,16H2,1H3,(H,17,18). The van der Waals surface area contributed by atoms with Crippen LogP contribution in [-0.4, -0.2) is 31.1 Å². The largest absolute Gasteiger partial charge is 0.397 e. The lowest BCUT2D eigenvalue weighted by Gasteiger charge is -2.10. The van der Waals surface area contributed by atoms with Crippen molar-refractivity contribution in [1.29, 1.82) is 0 Å². The van der Waals surface area contributed by atoms with E-state index in [1.54, 1.807) is 31.0 Å². The number of ether oxygens (including phenoxy) is 1. The summed E-state index contributed by atoms with van der Waals surface area (Å²) in [5, 5.41) is 3.51. The average molecular weight is 337 g/mol. The summed E-state index contributed by atoms with van der Waals surface area (Å²) >= 11 is 13.6. The molecule has 1 aromatic rings. The zero-order chi connectivity index (χ0) is 15.0. The normalized spacial score (nSPS) is 10.6. The molecule has 3 N–H and O–H groups in total. The van der Waals surface area contributed by atoms with Crippen LogP contribution in [0.4, 0.5) is 11.4 Å². The van der Waals surface area contributed by atoms with Gasteiger partial charge in [0.1, 0.15) is 0 Å². The number of nitrogens with one attached hydrogen (secondary N) is 1. The molecular weight excluding hydrogens is 319 g/mol. The summed E-state index contributed by atoms with van der Waals surface area (Å²) in [4.78, 5) is 11.8. The Balaban J connectivity index is 2.36. The number of nitrogens with two attached hydrogens (primary N) is 1. The summed E-state index contributed by atoms with van der Waals surface area (Å²) in [6.45, 7) is 0.730. The number of thioether (sulfide) groups is 1. The number of nitrogen functional groups attached to an aromatic ring is 1. The zero-order valence-corrected chi connectivity index (χ0v) is 13.6. The number of amides is 1. The molecule has 7 heteroatoms. The lowest BCUT2D eigenvalue weighted by atomic mass is 10.2. The number of hydrogen-bond acceptors (Lipinski definition) is 4. The SMILES string of the molecule is COCCSCCCC(=O)Nc1c(N)cc(Cl)cc1Cl. The molecule has 0 radical (unpaired) electrons. The minimum atomic E-state index is -0.103. The number of carbonyl (C=O) groups excluding carboxylic acids is 1. The van der Waals surface area contributed by atoms with Gasteiger partial charge in [-0.05, 0) is 24.3 Å². The van der Waals surface area contributed by atoms with Gasteiger partial charge in [-0.1, -0.05) is 23.2 Å². The van der Waals surface area contributed by atoms with Gasteiger partial charge in [-0.3, -0.25) is 4.79 Å². The van der Waals surface area contributed by atoms with Crippen LogP contribution in [0.25, 0.3) is 0 Å². The van der Waals surface area contributed by atoms with Crippen molar-refractivity contribution >= 4 is 52.2 Å². The molecule has 0 spiro atoms. The van der Waals surface area contributed by atoms with Crippen LogP contribution >= 0.6 is 35.0 Å². The molecule has 20 heavy (non-hydrogen) atoms. The Morgan fingerprint density at radius 1 is 1.40 bits per heavy atom. The highest BCUT2D eigenvalue weighted by molar-refractivity contribution is 7.99. The molecule has 0 aliphatic carbocycles. The van der Waals surface area contributed by atoms with E-state index in [-0.39, 0.29) is 5.91 Å². The molecule has 1 rings (SSSR count). The van der Waals surface area contributed by atoms with Crippen molar-refractivity contribution in [3.05, 3.63) is 22.2 Å². The number of rotatable bonds is 8. The Bertz CT molecular complexity index is 435. The lowest BCUT2D eigenvalue weighted by Crippen LogP contribution is -2.13. The van der Waals surface area contributed by atoms with E-state index < -0.39 is 0 Å². The number of halogens is 2. The summed E-state index contributed by atoms with van der Waals surface area (Å²) in [5.41, 5.74) is 6.57. The van der Waals surface area contributed by atoms with Gasteiger partial charge in [0.15, 0.2) is 0 Å². The molecule has 112 valence electrons. The van der Waals surface area contributed by atoms with Crippen LogP contribution in [0.3, 0.4) is 0 Å². The number of hydrogen-bond donors (Lipinski definition) is 2. The van der Waals surface area contributed by atoms with Crippen LogP contribution in [0.2, 0.25) is 10.0 Å². The molecule has 0 aromatic heterocycles. The molecule has 1 amide bonds. The van der Waals surface area contributed by atoms with E-state index in [0.29, 0.717) is 27.8 Å². The van der Waals surface area contributed by atoms with Gasteiger partial charge in [-0.15, -0.1) is 0 Å². The van der Waals surface area contributed by atoms with Crippen molar-refractivity contribution in [3.8, 4) is 0 Å². The van der Waals surface area contributed by atoms with Gasteiger partial charge in [0.05, 0.1) is 23.0 Å². The molecule has 0 bridgehead atoms. The fraction of sp³-hybridized carbons (Fsp3) is 0.462. The topological polar surface area (TPSA) is 64.3 Å². The first-order valence-electron chi connectivity index (χ1n) is 6.15. The summed E-state index contributed by atoms with van der Waals surface area (Å²) in [7, 11) is 1.67. The third-order valence-electron chi connectivity index (χ3n) is 2.47. The van der Waals surface area contributed by atoms with E-state index in [2.05, 4.69) is 5.32 Å². The zero-order valence-electron chi connectivity index (χ0n) is 11.2. The first-order chi connectivity index (χ1) is 9.54. The smallest absolute Gasteiger partial charge is 0.224 e. The summed E-state index contributed by atoms with van der Waals surface area (Å²) in [5.74, 6) is 1.75. The van der Waals surface area contributed by atoms with Crippen molar-refractivity contribution < 1.29 is 9.53 Å². The Labute approximate surface area is 133 Å². The van der Waals surface area contributed by atoms with Gasteiger partial charge in [0.2, 0.25) is 5.91 Å². The van der Waals surface area contributed by atoms with Gasteiger partial charge in [0, 0.05) is 24.3 Å². The molecule has 0 saturated heterocycles. The minimum absolute atomic E-state index is 0.103. The fourth-order valence-electron chi connectivity index (χ4n) is 1.51. The van der Waals surface area contributed by atoms with E-state index in [1.807, 2.05) is 0 Å². The predicted molar refractivity (Wildman–Crippen MR) is 87.9 cm³/mol. The lowest BCUT2D eigenvalue weighted by molar-refractivity contribution is -0.116. The molecule has 0 aliphatic heterocycles. The molecule has 0 atom stereocenters. The fourth-order valence-corrected chi connectivity index (χ4v) is 2.90. The van der Waals surface area contributed by atoms with Crippen molar-refractivity contribution in [2.75, 3.05) is 36.3 Å². The maximum atomic E-state index is 11.8. The third kappa shape index (κ3) is 6.22. The van der Waals surface area contributed by atoms with Crippen LogP contribution in [0.15, 0.2) is 12.1 Å². The van der Waals surface area contributed by atoms with Gasteiger partial charge < -0.3 is 15.8 Å². The number of anilines is 2. The van der Waals surface area contributed by atoms with Crippen LogP contribution in [0.1, 0.15) is 12.8 Å². The van der Waals surface area contributed by atoms with E-state index in [4.69, 9.17) is 33.7 Å². The second kappa shape index (κ2) is 9.34. The second-order valence-corrected chi connectivity index (χ2v) is 6.18. The van der Waals surface area contributed by atoms with E-state index in [1.165, 1.54) is 0 Å². The molecule has 0 fully saturated rings. The number of methoxy groups -OCH3 is 1. The maximum Gasteiger partial charge on any atom is 0.224 e. The predicted octanol–water partition coefficient (Wildman–Crippen LogP) is 3.67. The minimum Gasteiger partial charge on any atom is -0.397 e. The van der Waals surface area contributed by atoms with Gasteiger partial charge in [-0.2, -0.15) is 11.8 Å². The summed E-state index contributed by atoms with van der Waals surface area (Å²) in [6.07, 6.45) is 1.23. The second-order valence-electron chi connectivity index (χ2n) is 4.11. The highest BCUT2D eigenvalue weighted by atomic mass is 35.5. The van der Waals surface area contributed by atoms with Crippen molar-refractivity contribution in [2.24, 2.45) is 0 Å². The highest BCUT2D eigenvalue weighted by Gasteiger charge is 2.10. The highest BCUT2D eigenvalue weighted by Crippen LogP contribution is 2.32. The summed E-state index contributed by atoms with van der Waals surface area (Å²) < 4.78 is 4.95. The first-order valence-corrected chi connectivity index (χ1v) is 8.06.